The molecule has 6 heteroatoms. The molecule has 15 rings (SSSR count). The number of fused-ring (bicyclic) bond motifs is 11. The van der Waals surface area contributed by atoms with Gasteiger partial charge in [-0.15, -0.1) is 11.3 Å². The standard InChI is InChI=1S/C82H92BN3OS/c1-75(2,3)49-26-30-51(31-27-49)84(52-32-28-50(29-33-52)76(4,5)6)54-43-66-72-67(44-54)86(64-23-21-25-69-71(64)55-22-19-20-24-68(55)87-69)73-56-45-59-62(82(17,18)41-38-79(59,11)12)48-70(56)88-74(73)83(72)63-46-60-61(81(15,16)40-39-80(60,13)14)47-65(63)85(66)53-34-35-57-58(42-53)78(9,10)37-36-77(57,7)8/h19-35,42-46,48,61H,36-41,47H2,1-18H3. The third-order valence-corrected chi connectivity index (χ3v) is 24.3. The van der Waals surface area contributed by atoms with Gasteiger partial charge in [-0.3, -0.25) is 0 Å². The number of anilines is 8. The van der Waals surface area contributed by atoms with Crippen molar-refractivity contribution in [3.05, 3.63) is 190 Å². The highest BCUT2D eigenvalue weighted by Gasteiger charge is 2.53. The molecule has 0 radical (unpaired) electrons. The first-order valence-corrected chi connectivity index (χ1v) is 34.1. The van der Waals surface area contributed by atoms with E-state index in [1.54, 1.807) is 5.57 Å². The molecule has 0 amide bonds. The molecule has 0 bridgehead atoms. The van der Waals surface area contributed by atoms with E-state index >= 15 is 0 Å². The first-order valence-electron chi connectivity index (χ1n) is 33.2. The molecular formula is C82H92BN3OS. The number of para-hydroxylation sites is 1. The molecule has 450 valence electrons. The summed E-state index contributed by atoms with van der Waals surface area (Å²) in [5, 5.41) is 3.63. The Labute approximate surface area is 530 Å². The van der Waals surface area contributed by atoms with Gasteiger partial charge in [-0.05, 0) is 217 Å². The summed E-state index contributed by atoms with van der Waals surface area (Å²) in [6, 6.07) is 52.8. The summed E-state index contributed by atoms with van der Waals surface area (Å²) in [6.07, 6.45) is 10.8. The fourth-order valence-corrected chi connectivity index (χ4v) is 18.5. The maximum Gasteiger partial charge on any atom is 0.264 e. The zero-order valence-electron chi connectivity index (χ0n) is 56.0. The number of rotatable bonds is 5. The van der Waals surface area contributed by atoms with Crippen LogP contribution >= 0.6 is 11.3 Å². The minimum Gasteiger partial charge on any atom is -0.456 e. The van der Waals surface area contributed by atoms with Crippen LogP contribution in [0.3, 0.4) is 0 Å². The summed E-state index contributed by atoms with van der Waals surface area (Å²) in [6.45, 7) is 44.1. The fraction of sp³-hybridized carbons (Fsp3) is 0.415. The summed E-state index contributed by atoms with van der Waals surface area (Å²) in [7, 11) is 0. The highest BCUT2D eigenvalue weighted by molar-refractivity contribution is 7.33. The molecule has 2 aromatic heterocycles. The van der Waals surface area contributed by atoms with Gasteiger partial charge in [0.2, 0.25) is 0 Å². The lowest BCUT2D eigenvalue weighted by Crippen LogP contribution is -2.56. The molecule has 1 saturated carbocycles. The fourth-order valence-electron chi connectivity index (χ4n) is 17.1. The summed E-state index contributed by atoms with van der Waals surface area (Å²) in [5.74, 6) is 0.388. The predicted octanol–water partition coefficient (Wildman–Crippen LogP) is 22.7. The molecule has 0 saturated heterocycles. The Bertz CT molecular complexity index is 4400. The zero-order chi connectivity index (χ0) is 61.9. The second-order valence-electron chi connectivity index (χ2n) is 33.8. The van der Waals surface area contributed by atoms with Crippen LogP contribution in [0.25, 0.3) is 32.0 Å². The summed E-state index contributed by atoms with van der Waals surface area (Å²) < 4.78 is 9.75. The van der Waals surface area contributed by atoms with Crippen molar-refractivity contribution in [2.45, 2.75) is 202 Å². The van der Waals surface area contributed by atoms with Crippen LogP contribution in [0, 0.1) is 16.7 Å². The molecule has 88 heavy (non-hydrogen) atoms. The average Bonchev–Trinajstić information content (AvgIpc) is 1.19. The smallest absolute Gasteiger partial charge is 0.264 e. The maximum atomic E-state index is 6.93. The first kappa shape index (κ1) is 57.7. The quantitative estimate of drug-likeness (QED) is 0.160. The van der Waals surface area contributed by atoms with Gasteiger partial charge in [-0.2, -0.15) is 0 Å². The van der Waals surface area contributed by atoms with E-state index in [1.807, 2.05) is 0 Å². The minimum absolute atomic E-state index is 0.00622. The topological polar surface area (TPSA) is 22.9 Å². The molecule has 4 aliphatic carbocycles. The summed E-state index contributed by atoms with van der Waals surface area (Å²) >= 11 is 2.07. The van der Waals surface area contributed by atoms with Gasteiger partial charge in [-0.1, -0.05) is 191 Å². The van der Waals surface area contributed by atoms with Crippen molar-refractivity contribution in [3.8, 4) is 0 Å². The van der Waals surface area contributed by atoms with Gasteiger partial charge in [0.05, 0.1) is 22.4 Å². The molecule has 6 aliphatic rings. The Kier molecular flexibility index (Phi) is 12.4. The Morgan fingerprint density at radius 2 is 1.05 bits per heavy atom. The molecule has 1 unspecified atom stereocenters. The van der Waals surface area contributed by atoms with Crippen LogP contribution in [0.15, 0.2) is 161 Å². The number of hydrogen-bond acceptors (Lipinski definition) is 5. The van der Waals surface area contributed by atoms with E-state index < -0.39 is 0 Å². The summed E-state index contributed by atoms with van der Waals surface area (Å²) in [4.78, 5) is 8.16. The third-order valence-electron chi connectivity index (χ3n) is 23.1. The van der Waals surface area contributed by atoms with Crippen molar-refractivity contribution in [2.75, 3.05) is 14.7 Å². The Morgan fingerprint density at radius 3 is 1.66 bits per heavy atom. The van der Waals surface area contributed by atoms with Crippen molar-refractivity contribution in [1.29, 1.82) is 0 Å². The van der Waals surface area contributed by atoms with E-state index in [9.17, 15) is 0 Å². The molecule has 2 aliphatic heterocycles. The van der Waals surface area contributed by atoms with Crippen LogP contribution in [0.1, 0.15) is 203 Å². The Morgan fingerprint density at radius 1 is 0.500 bits per heavy atom. The van der Waals surface area contributed by atoms with Gasteiger partial charge in [0.1, 0.15) is 11.2 Å². The molecule has 1 atom stereocenters. The first-order chi connectivity index (χ1) is 41.3. The number of hydrogen-bond donors (Lipinski definition) is 0. The van der Waals surface area contributed by atoms with Crippen LogP contribution in [-0.2, 0) is 32.5 Å². The molecule has 0 spiro atoms. The number of thiophene rings is 1. The van der Waals surface area contributed by atoms with Crippen molar-refractivity contribution in [3.63, 3.8) is 0 Å². The Balaban J connectivity index is 1.12. The van der Waals surface area contributed by atoms with Gasteiger partial charge in [-0.25, -0.2) is 0 Å². The van der Waals surface area contributed by atoms with Crippen LogP contribution in [0.4, 0.5) is 45.5 Å². The van der Waals surface area contributed by atoms with E-state index in [2.05, 4.69) is 290 Å². The van der Waals surface area contributed by atoms with Gasteiger partial charge in [0, 0.05) is 54.4 Å². The van der Waals surface area contributed by atoms with Gasteiger partial charge >= 0.3 is 0 Å². The SMILES string of the molecule is CC1(C)CCC(C)(C)C2CC3=C(C=C21)B1c2sc4cc5c(cc4c2N(c2cccc4oc6ccccc6c24)c2cc(N(c4ccc(C(C)(C)C)cc4)c4ccc(C(C)(C)C)cc4)cc(c21)N3c1ccc2c(c1)C(C)(C)CCC2(C)C)C(C)(C)CCC5(C)C. The number of furan rings is 1. The van der Waals surface area contributed by atoms with Crippen molar-refractivity contribution in [2.24, 2.45) is 16.7 Å². The number of allylic oxidation sites excluding steroid dienone is 4. The summed E-state index contributed by atoms with van der Waals surface area (Å²) in [5.41, 5.74) is 26.4. The number of benzene rings is 7. The average molecular weight is 1180 g/mol. The largest absolute Gasteiger partial charge is 0.456 e. The molecular weight excluding hydrogens is 1090 g/mol. The highest BCUT2D eigenvalue weighted by Crippen LogP contribution is 2.62. The van der Waals surface area contributed by atoms with E-state index in [1.165, 1.54) is 113 Å². The Hall–Kier alpha value is -6.76. The van der Waals surface area contributed by atoms with E-state index in [0.717, 1.165) is 64.0 Å². The van der Waals surface area contributed by atoms with E-state index in [0.29, 0.717) is 5.92 Å². The lowest BCUT2D eigenvalue weighted by molar-refractivity contribution is 0.121. The molecule has 4 heterocycles. The van der Waals surface area contributed by atoms with Crippen LogP contribution in [-0.4, -0.2) is 6.71 Å². The lowest BCUT2D eigenvalue weighted by Gasteiger charge is -2.54. The van der Waals surface area contributed by atoms with Gasteiger partial charge in [0.25, 0.3) is 6.71 Å². The molecule has 9 aromatic rings. The van der Waals surface area contributed by atoms with E-state index in [4.69, 9.17) is 4.42 Å². The second-order valence-corrected chi connectivity index (χ2v) is 34.9. The van der Waals surface area contributed by atoms with E-state index in [-0.39, 0.29) is 50.0 Å². The lowest BCUT2D eigenvalue weighted by atomic mass is 9.34. The normalized spacial score (nSPS) is 20.9. The minimum atomic E-state index is -0.0276. The second kappa shape index (κ2) is 18.9. The van der Waals surface area contributed by atoms with Crippen molar-refractivity contribution in [1.82, 2.24) is 0 Å². The number of nitrogens with zero attached hydrogens (tertiary/aromatic N) is 3. The van der Waals surface area contributed by atoms with Crippen LogP contribution in [0.2, 0.25) is 0 Å². The highest BCUT2D eigenvalue weighted by atomic mass is 32.1. The van der Waals surface area contributed by atoms with Crippen LogP contribution < -0.4 is 24.9 Å². The van der Waals surface area contributed by atoms with Gasteiger partial charge < -0.3 is 19.1 Å². The molecule has 7 aromatic carbocycles. The van der Waals surface area contributed by atoms with Crippen molar-refractivity contribution >= 4 is 106 Å². The van der Waals surface area contributed by atoms with Gasteiger partial charge in [0.15, 0.2) is 0 Å². The van der Waals surface area contributed by atoms with Crippen LogP contribution in [0.5, 0.6) is 0 Å². The monoisotopic (exact) mass is 1180 g/mol. The maximum absolute atomic E-state index is 6.93. The predicted molar refractivity (Wildman–Crippen MR) is 380 cm³/mol. The molecule has 1 fully saturated rings. The molecule has 0 N–H and O–H groups in total. The third kappa shape index (κ3) is 8.69. The van der Waals surface area contributed by atoms with Crippen molar-refractivity contribution < 1.29 is 4.42 Å². The molecule has 4 nitrogen and oxygen atoms in total. The zero-order valence-corrected chi connectivity index (χ0v) is 56.9.